The fourth-order valence-corrected chi connectivity index (χ4v) is 2.05. The summed E-state index contributed by atoms with van der Waals surface area (Å²) in [5, 5.41) is 13.7. The number of methoxy groups -OCH3 is 1. The van der Waals surface area contributed by atoms with E-state index in [2.05, 4.69) is 18.3 Å². The highest BCUT2D eigenvalue weighted by Gasteiger charge is 2.23. The Morgan fingerprint density at radius 2 is 1.95 bits per heavy atom. The molecule has 21 heavy (non-hydrogen) atoms. The fourth-order valence-electron chi connectivity index (χ4n) is 2.05. The molecule has 0 amide bonds. The topological polar surface area (TPSA) is 50.7 Å². The minimum atomic E-state index is -0.744. The summed E-state index contributed by atoms with van der Waals surface area (Å²) in [5.74, 6) is 0.839. The number of hydrogen-bond donors (Lipinski definition) is 2. The molecule has 0 atom stereocenters. The first-order valence-electron chi connectivity index (χ1n) is 7.69. The Kier molecular flexibility index (Phi) is 7.72. The van der Waals surface area contributed by atoms with Crippen LogP contribution in [0.3, 0.4) is 0 Å². The number of aryl methyl sites for hydroxylation is 1. The van der Waals surface area contributed by atoms with Gasteiger partial charge in [0.2, 0.25) is 0 Å². The normalized spacial score (nSPS) is 11.7. The van der Waals surface area contributed by atoms with Gasteiger partial charge in [-0.2, -0.15) is 0 Å². The molecule has 1 aromatic carbocycles. The van der Waals surface area contributed by atoms with E-state index in [0.29, 0.717) is 26.1 Å². The smallest absolute Gasteiger partial charge is 0.123 e. The van der Waals surface area contributed by atoms with Crippen molar-refractivity contribution in [2.24, 2.45) is 0 Å². The minimum Gasteiger partial charge on any atom is -0.490 e. The van der Waals surface area contributed by atoms with E-state index in [1.807, 2.05) is 26.0 Å². The Balaban J connectivity index is 2.67. The van der Waals surface area contributed by atoms with Crippen molar-refractivity contribution in [1.29, 1.82) is 0 Å². The summed E-state index contributed by atoms with van der Waals surface area (Å²) in [4.78, 5) is 0. The van der Waals surface area contributed by atoms with Crippen molar-refractivity contribution in [3.8, 4) is 5.75 Å². The van der Waals surface area contributed by atoms with E-state index >= 15 is 0 Å². The Morgan fingerprint density at radius 1 is 1.24 bits per heavy atom. The zero-order valence-electron chi connectivity index (χ0n) is 13.7. The SMILES string of the molecule is CCC(O)(CC)COc1ccc(C)cc1CNCCOC. The fraction of sp³-hybridized carbons (Fsp3) is 0.647. The molecule has 0 aromatic heterocycles. The summed E-state index contributed by atoms with van der Waals surface area (Å²) in [6.07, 6.45) is 1.38. The Morgan fingerprint density at radius 3 is 2.57 bits per heavy atom. The molecule has 1 aromatic rings. The van der Waals surface area contributed by atoms with E-state index in [-0.39, 0.29) is 0 Å². The van der Waals surface area contributed by atoms with E-state index in [0.717, 1.165) is 24.4 Å². The molecule has 0 heterocycles. The molecule has 0 aliphatic heterocycles. The van der Waals surface area contributed by atoms with Gasteiger partial charge < -0.3 is 19.9 Å². The Hall–Kier alpha value is -1.10. The molecule has 0 bridgehead atoms. The van der Waals surface area contributed by atoms with E-state index in [1.165, 1.54) is 5.56 Å². The molecule has 0 fully saturated rings. The molecule has 0 saturated carbocycles. The van der Waals surface area contributed by atoms with Gasteiger partial charge in [-0.15, -0.1) is 0 Å². The molecule has 0 radical (unpaired) electrons. The van der Waals surface area contributed by atoms with Gasteiger partial charge in [-0.3, -0.25) is 0 Å². The predicted molar refractivity (Wildman–Crippen MR) is 85.8 cm³/mol. The second-order valence-electron chi connectivity index (χ2n) is 5.50. The van der Waals surface area contributed by atoms with Gasteiger partial charge in [0.05, 0.1) is 12.2 Å². The molecule has 1 rings (SSSR count). The molecular weight excluding hydrogens is 266 g/mol. The first kappa shape index (κ1) is 18.0. The van der Waals surface area contributed by atoms with Gasteiger partial charge in [-0.25, -0.2) is 0 Å². The number of benzene rings is 1. The average molecular weight is 295 g/mol. The maximum absolute atomic E-state index is 10.3. The second kappa shape index (κ2) is 9.03. The molecule has 120 valence electrons. The van der Waals surface area contributed by atoms with Crippen molar-refractivity contribution < 1.29 is 14.6 Å². The van der Waals surface area contributed by atoms with E-state index < -0.39 is 5.60 Å². The van der Waals surface area contributed by atoms with E-state index in [4.69, 9.17) is 9.47 Å². The van der Waals surface area contributed by atoms with Crippen LogP contribution in [-0.2, 0) is 11.3 Å². The Labute approximate surface area is 128 Å². The van der Waals surface area contributed by atoms with Crippen molar-refractivity contribution in [3.05, 3.63) is 29.3 Å². The minimum absolute atomic E-state index is 0.328. The summed E-state index contributed by atoms with van der Waals surface area (Å²) < 4.78 is 10.9. The van der Waals surface area contributed by atoms with Crippen molar-refractivity contribution in [1.82, 2.24) is 5.32 Å². The van der Waals surface area contributed by atoms with Gasteiger partial charge in [-0.05, 0) is 25.8 Å². The summed E-state index contributed by atoms with van der Waals surface area (Å²) in [6, 6.07) is 6.13. The summed E-state index contributed by atoms with van der Waals surface area (Å²) in [6.45, 7) is 8.58. The predicted octanol–water partition coefficient (Wildman–Crippen LogP) is 2.66. The van der Waals surface area contributed by atoms with Crippen molar-refractivity contribution >= 4 is 0 Å². The summed E-state index contributed by atoms with van der Waals surface area (Å²) in [7, 11) is 1.69. The van der Waals surface area contributed by atoms with Crippen LogP contribution in [0.15, 0.2) is 18.2 Å². The van der Waals surface area contributed by atoms with Crippen LogP contribution in [-0.4, -0.2) is 37.6 Å². The molecular formula is C17H29NO3. The van der Waals surface area contributed by atoms with Crippen LogP contribution in [0, 0.1) is 6.92 Å². The monoisotopic (exact) mass is 295 g/mol. The zero-order valence-corrected chi connectivity index (χ0v) is 13.7. The number of nitrogens with one attached hydrogen (secondary N) is 1. The van der Waals surface area contributed by atoms with Gasteiger partial charge >= 0.3 is 0 Å². The first-order chi connectivity index (χ1) is 10.0. The molecule has 0 spiro atoms. The highest BCUT2D eigenvalue weighted by atomic mass is 16.5. The van der Waals surface area contributed by atoms with E-state index in [9.17, 15) is 5.11 Å². The van der Waals surface area contributed by atoms with Gasteiger partial charge in [0.1, 0.15) is 12.4 Å². The van der Waals surface area contributed by atoms with Crippen LogP contribution in [0.5, 0.6) is 5.75 Å². The zero-order chi connectivity index (χ0) is 15.7. The highest BCUT2D eigenvalue weighted by molar-refractivity contribution is 5.37. The molecule has 2 N–H and O–H groups in total. The van der Waals surface area contributed by atoms with Crippen LogP contribution >= 0.6 is 0 Å². The van der Waals surface area contributed by atoms with Crippen LogP contribution in [0.4, 0.5) is 0 Å². The van der Waals surface area contributed by atoms with Crippen molar-refractivity contribution in [2.75, 3.05) is 26.9 Å². The first-order valence-corrected chi connectivity index (χ1v) is 7.69. The molecule has 0 aliphatic rings. The van der Waals surface area contributed by atoms with Gasteiger partial charge in [-0.1, -0.05) is 31.5 Å². The van der Waals surface area contributed by atoms with Gasteiger partial charge in [0.25, 0.3) is 0 Å². The lowest BCUT2D eigenvalue weighted by Crippen LogP contribution is -2.34. The lowest BCUT2D eigenvalue weighted by atomic mass is 9.99. The third-order valence-corrected chi connectivity index (χ3v) is 3.83. The molecule has 4 nitrogen and oxygen atoms in total. The highest BCUT2D eigenvalue weighted by Crippen LogP contribution is 2.23. The largest absolute Gasteiger partial charge is 0.490 e. The van der Waals surface area contributed by atoms with Crippen LogP contribution < -0.4 is 10.1 Å². The summed E-state index contributed by atoms with van der Waals surface area (Å²) >= 11 is 0. The number of ether oxygens (including phenoxy) is 2. The van der Waals surface area contributed by atoms with Crippen molar-refractivity contribution in [2.45, 2.75) is 45.8 Å². The quantitative estimate of drug-likeness (QED) is 0.652. The van der Waals surface area contributed by atoms with Gasteiger partial charge in [0, 0.05) is 25.8 Å². The van der Waals surface area contributed by atoms with Crippen LogP contribution in [0.2, 0.25) is 0 Å². The maximum Gasteiger partial charge on any atom is 0.123 e. The summed E-state index contributed by atoms with van der Waals surface area (Å²) in [5.41, 5.74) is 1.57. The standard InChI is InChI=1S/C17H29NO3/c1-5-17(19,6-2)13-21-16-8-7-14(3)11-15(16)12-18-9-10-20-4/h7-8,11,18-19H,5-6,9-10,12-13H2,1-4H3. The lowest BCUT2D eigenvalue weighted by molar-refractivity contribution is -0.0116. The van der Waals surface area contributed by atoms with Crippen LogP contribution in [0.25, 0.3) is 0 Å². The third kappa shape index (κ3) is 6.04. The molecule has 0 unspecified atom stereocenters. The molecule has 0 aliphatic carbocycles. The number of aliphatic hydroxyl groups is 1. The lowest BCUT2D eigenvalue weighted by Gasteiger charge is -2.26. The maximum atomic E-state index is 10.3. The third-order valence-electron chi connectivity index (χ3n) is 3.83. The van der Waals surface area contributed by atoms with Gasteiger partial charge in [0.15, 0.2) is 0 Å². The number of rotatable bonds is 10. The molecule has 4 heteroatoms. The van der Waals surface area contributed by atoms with Crippen molar-refractivity contribution in [3.63, 3.8) is 0 Å². The second-order valence-corrected chi connectivity index (χ2v) is 5.50. The molecule has 0 saturated heterocycles. The van der Waals surface area contributed by atoms with E-state index in [1.54, 1.807) is 7.11 Å². The average Bonchev–Trinajstić information content (AvgIpc) is 2.50. The number of hydrogen-bond acceptors (Lipinski definition) is 4. The Bertz CT molecular complexity index is 416. The van der Waals surface area contributed by atoms with Crippen LogP contribution in [0.1, 0.15) is 37.8 Å².